The summed E-state index contributed by atoms with van der Waals surface area (Å²) in [7, 11) is -2.60. The number of rotatable bonds is 10. The fraction of sp³-hybridized carbons (Fsp3) is 0.364. The number of nitrogens with one attached hydrogen (secondary N) is 3. The van der Waals surface area contributed by atoms with Crippen LogP contribution in [0, 0.1) is 13.8 Å². The first-order valence-electron chi connectivity index (χ1n) is 10.1. The lowest BCUT2D eigenvalue weighted by atomic mass is 10.1. The summed E-state index contributed by atoms with van der Waals surface area (Å²) in [5.74, 6) is -0.623. The molecular weight excluding hydrogens is 470 g/mol. The van der Waals surface area contributed by atoms with Crippen LogP contribution < -0.4 is 15.4 Å². The molecule has 10 heteroatoms. The normalized spacial score (nSPS) is 12.1. The summed E-state index contributed by atoms with van der Waals surface area (Å²) in [6, 6.07) is 11.0. The Hall–Kier alpha value is -2.20. The van der Waals surface area contributed by atoms with Crippen molar-refractivity contribution in [1.82, 2.24) is 10.0 Å². The topological polar surface area (TPSA) is 96.5 Å². The first-order valence-corrected chi connectivity index (χ1v) is 12.4. The highest BCUT2D eigenvalue weighted by Gasteiger charge is 2.26. The van der Waals surface area contributed by atoms with Crippen LogP contribution in [0.2, 0.25) is 5.02 Å². The number of carbonyl (C=O) groups is 1. The monoisotopic (exact) mass is 497 g/mol. The molecule has 2 aromatic rings. The van der Waals surface area contributed by atoms with Crippen molar-refractivity contribution in [2.45, 2.75) is 44.0 Å². The van der Waals surface area contributed by atoms with Crippen LogP contribution in [0.4, 0.5) is 5.69 Å². The molecule has 3 N–H and O–H groups in total. The van der Waals surface area contributed by atoms with Crippen LogP contribution in [0.5, 0.6) is 0 Å². The molecule has 0 saturated heterocycles. The first kappa shape index (κ1) is 26.1. The molecule has 0 spiro atoms. The van der Waals surface area contributed by atoms with E-state index >= 15 is 0 Å². The Morgan fingerprint density at radius 3 is 2.47 bits per heavy atom. The zero-order valence-corrected chi connectivity index (χ0v) is 20.7. The fourth-order valence-corrected chi connectivity index (χ4v) is 4.53. The van der Waals surface area contributed by atoms with Gasteiger partial charge in [0, 0.05) is 17.3 Å². The number of hydrogen-bond donors (Lipinski definition) is 3. The van der Waals surface area contributed by atoms with Gasteiger partial charge in [-0.3, -0.25) is 4.79 Å². The van der Waals surface area contributed by atoms with Gasteiger partial charge >= 0.3 is 5.97 Å². The van der Waals surface area contributed by atoms with Crippen molar-refractivity contribution in [1.29, 1.82) is 0 Å². The van der Waals surface area contributed by atoms with Gasteiger partial charge in [-0.15, -0.1) is 0 Å². The number of esters is 1. The second kappa shape index (κ2) is 12.2. The van der Waals surface area contributed by atoms with Crippen molar-refractivity contribution in [2.75, 3.05) is 19.0 Å². The molecule has 32 heavy (non-hydrogen) atoms. The molecule has 0 fully saturated rings. The van der Waals surface area contributed by atoms with E-state index in [1.54, 1.807) is 12.1 Å². The highest BCUT2D eigenvalue weighted by Crippen LogP contribution is 2.22. The molecule has 0 bridgehead atoms. The highest BCUT2D eigenvalue weighted by atomic mass is 35.5. The predicted molar refractivity (Wildman–Crippen MR) is 132 cm³/mol. The number of ether oxygens (including phenoxy) is 1. The number of aryl methyl sites for hydroxylation is 1. The van der Waals surface area contributed by atoms with Crippen LogP contribution >= 0.6 is 23.8 Å². The van der Waals surface area contributed by atoms with E-state index in [-0.39, 0.29) is 4.90 Å². The second-order valence-corrected chi connectivity index (χ2v) is 9.83. The standard InChI is InChI=1S/C22H28ClN3O4S2/c1-15-10-12-17(13-11-15)32(28,29)26-20(21(27)30-3)8-4-5-14-24-22(31)25-19-9-6-7-18(23)16(19)2/h6-7,9-13,20,26H,4-5,8,14H2,1-3H3,(H2,24,25,31). The third-order valence-corrected chi connectivity index (χ3v) is 6.98. The number of sulfonamides is 1. The predicted octanol–water partition coefficient (Wildman–Crippen LogP) is 3.93. The van der Waals surface area contributed by atoms with Gasteiger partial charge < -0.3 is 15.4 Å². The minimum absolute atomic E-state index is 0.103. The number of anilines is 1. The molecular formula is C22H28ClN3O4S2. The zero-order chi connectivity index (χ0) is 23.7. The zero-order valence-electron chi connectivity index (χ0n) is 18.3. The number of methoxy groups -OCH3 is 1. The summed E-state index contributed by atoms with van der Waals surface area (Å²) in [5.41, 5.74) is 2.67. The lowest BCUT2D eigenvalue weighted by Gasteiger charge is -2.17. The van der Waals surface area contributed by atoms with Gasteiger partial charge in [-0.25, -0.2) is 8.42 Å². The Morgan fingerprint density at radius 1 is 1.12 bits per heavy atom. The van der Waals surface area contributed by atoms with Gasteiger partial charge in [0.1, 0.15) is 6.04 Å². The lowest BCUT2D eigenvalue weighted by molar-refractivity contribution is -0.142. The molecule has 0 aromatic heterocycles. The second-order valence-electron chi connectivity index (χ2n) is 7.30. The average molecular weight is 498 g/mol. The first-order chi connectivity index (χ1) is 15.1. The van der Waals surface area contributed by atoms with Crippen LogP contribution in [0.1, 0.15) is 30.4 Å². The molecule has 0 radical (unpaired) electrons. The molecule has 1 atom stereocenters. The van der Waals surface area contributed by atoms with E-state index < -0.39 is 22.0 Å². The van der Waals surface area contributed by atoms with Crippen LogP contribution in [-0.2, 0) is 19.6 Å². The summed E-state index contributed by atoms with van der Waals surface area (Å²) >= 11 is 11.4. The van der Waals surface area contributed by atoms with Crippen molar-refractivity contribution in [3.05, 3.63) is 58.6 Å². The molecule has 0 aliphatic heterocycles. The third-order valence-electron chi connectivity index (χ3n) is 4.84. The molecule has 0 heterocycles. The van der Waals surface area contributed by atoms with Gasteiger partial charge in [-0.05, 0) is 75.2 Å². The third kappa shape index (κ3) is 7.74. The van der Waals surface area contributed by atoms with Crippen LogP contribution in [0.3, 0.4) is 0 Å². The van der Waals surface area contributed by atoms with E-state index in [0.717, 1.165) is 16.8 Å². The summed E-state index contributed by atoms with van der Waals surface area (Å²) in [4.78, 5) is 12.2. The van der Waals surface area contributed by atoms with E-state index in [9.17, 15) is 13.2 Å². The summed E-state index contributed by atoms with van der Waals surface area (Å²) in [6.45, 7) is 4.33. The van der Waals surface area contributed by atoms with E-state index in [4.69, 9.17) is 28.6 Å². The lowest BCUT2D eigenvalue weighted by Crippen LogP contribution is -2.41. The number of hydrogen-bond acceptors (Lipinski definition) is 5. The molecule has 174 valence electrons. The Labute approximate surface area is 199 Å². The largest absolute Gasteiger partial charge is 0.468 e. The van der Waals surface area contributed by atoms with Crippen molar-refractivity contribution in [3.8, 4) is 0 Å². The summed E-state index contributed by atoms with van der Waals surface area (Å²) < 4.78 is 32.4. The van der Waals surface area contributed by atoms with E-state index in [1.165, 1.54) is 19.2 Å². The number of benzene rings is 2. The molecule has 0 aliphatic carbocycles. The van der Waals surface area contributed by atoms with Crippen molar-refractivity contribution in [3.63, 3.8) is 0 Å². The Kier molecular flexibility index (Phi) is 9.89. The highest BCUT2D eigenvalue weighted by molar-refractivity contribution is 7.89. The van der Waals surface area contributed by atoms with Gasteiger partial charge in [0.2, 0.25) is 10.0 Å². The summed E-state index contributed by atoms with van der Waals surface area (Å²) in [6.07, 6.45) is 1.56. The molecule has 2 rings (SSSR count). The molecule has 7 nitrogen and oxygen atoms in total. The van der Waals surface area contributed by atoms with E-state index in [1.807, 2.05) is 32.0 Å². The molecule has 0 amide bonds. The van der Waals surface area contributed by atoms with Gasteiger partial charge in [0.25, 0.3) is 0 Å². The van der Waals surface area contributed by atoms with E-state index in [2.05, 4.69) is 15.4 Å². The van der Waals surface area contributed by atoms with Crippen LogP contribution in [-0.4, -0.2) is 39.2 Å². The maximum absolute atomic E-state index is 12.6. The Bertz CT molecular complexity index is 1040. The number of carbonyl (C=O) groups excluding carboxylic acids is 1. The molecule has 2 aromatic carbocycles. The smallest absolute Gasteiger partial charge is 0.323 e. The van der Waals surface area contributed by atoms with Gasteiger partial charge in [-0.1, -0.05) is 35.4 Å². The minimum Gasteiger partial charge on any atom is -0.468 e. The van der Waals surface area contributed by atoms with E-state index in [0.29, 0.717) is 35.9 Å². The maximum atomic E-state index is 12.6. The summed E-state index contributed by atoms with van der Waals surface area (Å²) in [5, 5.41) is 7.31. The minimum atomic E-state index is -3.84. The number of thiocarbonyl (C=S) groups is 1. The Morgan fingerprint density at radius 2 is 1.81 bits per heavy atom. The van der Waals surface area contributed by atoms with Crippen molar-refractivity contribution >= 4 is 50.6 Å². The fourth-order valence-electron chi connectivity index (χ4n) is 2.92. The average Bonchev–Trinajstić information content (AvgIpc) is 2.75. The quantitative estimate of drug-likeness (QED) is 0.260. The van der Waals surface area contributed by atoms with Crippen LogP contribution in [0.15, 0.2) is 47.4 Å². The van der Waals surface area contributed by atoms with Gasteiger partial charge in [0.15, 0.2) is 5.11 Å². The molecule has 0 aliphatic rings. The number of unbranched alkanes of at least 4 members (excludes halogenated alkanes) is 1. The van der Waals surface area contributed by atoms with Gasteiger partial charge in [-0.2, -0.15) is 4.72 Å². The van der Waals surface area contributed by atoms with Crippen LogP contribution in [0.25, 0.3) is 0 Å². The SMILES string of the molecule is COC(=O)C(CCCCNC(=S)Nc1cccc(Cl)c1C)NS(=O)(=O)c1ccc(C)cc1. The number of halogens is 1. The maximum Gasteiger partial charge on any atom is 0.323 e. The molecule has 1 unspecified atom stereocenters. The molecule has 0 saturated carbocycles. The Balaban J connectivity index is 1.83. The van der Waals surface area contributed by atoms with Crippen molar-refractivity contribution < 1.29 is 17.9 Å². The van der Waals surface area contributed by atoms with Crippen molar-refractivity contribution in [2.24, 2.45) is 0 Å². The van der Waals surface area contributed by atoms with Gasteiger partial charge in [0.05, 0.1) is 12.0 Å².